The Morgan fingerprint density at radius 1 is 1.17 bits per heavy atom. The summed E-state index contributed by atoms with van der Waals surface area (Å²) in [7, 11) is -3.50. The molecule has 1 aromatic heterocycles. The lowest BCUT2D eigenvalue weighted by Crippen LogP contribution is -2.41. The Bertz CT molecular complexity index is 677. The van der Waals surface area contributed by atoms with Crippen molar-refractivity contribution < 1.29 is 13.2 Å². The van der Waals surface area contributed by atoms with Crippen LogP contribution in [0.1, 0.15) is 62.4 Å². The van der Waals surface area contributed by atoms with E-state index >= 15 is 0 Å². The van der Waals surface area contributed by atoms with Crippen molar-refractivity contribution in [3.63, 3.8) is 0 Å². The zero-order valence-corrected chi connectivity index (χ0v) is 15.1. The largest absolute Gasteiger partial charge is 0.356 e. The number of carbonyl (C=O) groups is 1. The fraction of sp³-hybridized carbons (Fsp3) is 0.706. The topological polar surface area (TPSA) is 82.3 Å². The molecule has 1 aliphatic heterocycles. The lowest BCUT2D eigenvalue weighted by Gasteiger charge is -2.29. The number of hydrogen-bond donors (Lipinski definition) is 2. The van der Waals surface area contributed by atoms with E-state index < -0.39 is 10.0 Å². The van der Waals surface area contributed by atoms with Crippen LogP contribution in [-0.4, -0.2) is 42.7 Å². The average molecular weight is 353 g/mol. The van der Waals surface area contributed by atoms with Crippen molar-refractivity contribution in [2.75, 3.05) is 13.1 Å². The molecule has 0 radical (unpaired) electrons. The molecule has 134 valence electrons. The molecular weight excluding hydrogens is 326 g/mol. The Labute approximate surface area is 144 Å². The summed E-state index contributed by atoms with van der Waals surface area (Å²) >= 11 is 0. The van der Waals surface area contributed by atoms with Crippen LogP contribution in [0.15, 0.2) is 17.2 Å². The smallest absolute Gasteiger partial charge is 0.267 e. The van der Waals surface area contributed by atoms with Gasteiger partial charge in [0.05, 0.1) is 0 Å². The molecule has 0 aromatic carbocycles. The molecule has 1 aromatic rings. The minimum absolute atomic E-state index is 0.178. The van der Waals surface area contributed by atoms with Crippen LogP contribution in [0.2, 0.25) is 0 Å². The van der Waals surface area contributed by atoms with E-state index in [0.29, 0.717) is 24.7 Å². The molecule has 24 heavy (non-hydrogen) atoms. The summed E-state index contributed by atoms with van der Waals surface area (Å²) in [5, 5.41) is 3.05. The fourth-order valence-corrected chi connectivity index (χ4v) is 5.20. The Morgan fingerprint density at radius 2 is 1.88 bits per heavy atom. The van der Waals surface area contributed by atoms with Gasteiger partial charge in [-0.2, -0.15) is 4.31 Å². The number of rotatable bonds is 4. The molecule has 1 saturated heterocycles. The van der Waals surface area contributed by atoms with Crippen molar-refractivity contribution in [2.24, 2.45) is 5.92 Å². The molecule has 0 bridgehead atoms. The Balaban J connectivity index is 1.69. The third-order valence-corrected chi connectivity index (χ3v) is 7.16. The van der Waals surface area contributed by atoms with Crippen LogP contribution in [0, 0.1) is 5.92 Å². The molecule has 1 amide bonds. The maximum absolute atomic E-state index is 12.6. The van der Waals surface area contributed by atoms with E-state index in [-0.39, 0.29) is 16.8 Å². The Kier molecular flexibility index (Phi) is 5.30. The molecular formula is C17H27N3O3S. The minimum Gasteiger partial charge on any atom is -0.356 e. The summed E-state index contributed by atoms with van der Waals surface area (Å²) in [5.74, 6) is 0.253. The Hall–Kier alpha value is -1.34. The molecule has 2 fully saturated rings. The van der Waals surface area contributed by atoms with Crippen LogP contribution in [0.5, 0.6) is 0 Å². The maximum atomic E-state index is 12.6. The third-order valence-electron chi connectivity index (χ3n) is 5.28. The summed E-state index contributed by atoms with van der Waals surface area (Å²) in [5.41, 5.74) is 0.323. The number of carbonyl (C=O) groups excluding carboxylic acids is 1. The number of piperidine rings is 1. The number of nitrogens with one attached hydrogen (secondary N) is 2. The molecule has 2 N–H and O–H groups in total. The monoisotopic (exact) mass is 353 g/mol. The molecule has 6 nitrogen and oxygen atoms in total. The summed E-state index contributed by atoms with van der Waals surface area (Å²) in [6, 6.07) is 1.64. The number of aromatic amines is 1. The van der Waals surface area contributed by atoms with Gasteiger partial charge in [-0.3, -0.25) is 4.79 Å². The molecule has 3 rings (SSSR count). The number of sulfonamides is 1. The first kappa shape index (κ1) is 17.5. The van der Waals surface area contributed by atoms with Gasteiger partial charge in [-0.25, -0.2) is 8.42 Å². The van der Waals surface area contributed by atoms with Gasteiger partial charge in [0.1, 0.15) is 10.6 Å². The zero-order chi connectivity index (χ0) is 17.2. The summed E-state index contributed by atoms with van der Waals surface area (Å²) in [6.07, 6.45) is 8.78. The molecule has 1 aliphatic carbocycles. The second-order valence-corrected chi connectivity index (χ2v) is 8.99. The first-order valence-corrected chi connectivity index (χ1v) is 10.4. The minimum atomic E-state index is -3.50. The van der Waals surface area contributed by atoms with Gasteiger partial charge in [0.15, 0.2) is 0 Å². The Morgan fingerprint density at radius 3 is 2.58 bits per heavy atom. The van der Waals surface area contributed by atoms with Gasteiger partial charge in [0, 0.05) is 25.3 Å². The highest BCUT2D eigenvalue weighted by Gasteiger charge is 2.28. The first-order chi connectivity index (χ1) is 11.5. The highest BCUT2D eigenvalue weighted by atomic mass is 32.2. The number of H-pyrrole nitrogens is 1. The van der Waals surface area contributed by atoms with Crippen molar-refractivity contribution >= 4 is 15.9 Å². The number of aromatic nitrogens is 1. The number of nitrogens with zero attached hydrogens (tertiary/aromatic N) is 1. The van der Waals surface area contributed by atoms with Crippen molar-refractivity contribution in [3.8, 4) is 0 Å². The fourth-order valence-electron chi connectivity index (χ4n) is 3.69. The van der Waals surface area contributed by atoms with E-state index in [1.807, 2.05) is 0 Å². The van der Waals surface area contributed by atoms with Gasteiger partial charge in [0.25, 0.3) is 5.91 Å². The van der Waals surface area contributed by atoms with E-state index in [0.717, 1.165) is 38.5 Å². The predicted octanol–water partition coefficient (Wildman–Crippen LogP) is 2.50. The summed E-state index contributed by atoms with van der Waals surface area (Å²) in [6.45, 7) is 3.29. The lowest BCUT2D eigenvalue weighted by molar-refractivity contribution is 0.0905. The molecule has 1 saturated carbocycles. The van der Waals surface area contributed by atoms with Crippen molar-refractivity contribution in [3.05, 3.63) is 18.0 Å². The van der Waals surface area contributed by atoms with E-state index in [2.05, 4.69) is 17.2 Å². The third kappa shape index (κ3) is 3.67. The first-order valence-electron chi connectivity index (χ1n) is 8.98. The van der Waals surface area contributed by atoms with E-state index in [9.17, 15) is 13.2 Å². The van der Waals surface area contributed by atoms with Gasteiger partial charge >= 0.3 is 0 Å². The molecule has 2 atom stereocenters. The van der Waals surface area contributed by atoms with Crippen molar-refractivity contribution in [1.82, 2.24) is 14.6 Å². The van der Waals surface area contributed by atoms with Crippen molar-refractivity contribution in [1.29, 1.82) is 0 Å². The number of amides is 1. The normalized spacial score (nSPS) is 26.2. The van der Waals surface area contributed by atoms with Gasteiger partial charge in [0.2, 0.25) is 10.0 Å². The zero-order valence-electron chi connectivity index (χ0n) is 14.3. The second-order valence-electron chi connectivity index (χ2n) is 7.06. The second kappa shape index (κ2) is 7.27. The van der Waals surface area contributed by atoms with Crippen LogP contribution in [-0.2, 0) is 10.0 Å². The van der Waals surface area contributed by atoms with Crippen LogP contribution >= 0.6 is 0 Å². The molecule has 0 unspecified atom stereocenters. The highest BCUT2D eigenvalue weighted by Crippen LogP contribution is 2.25. The highest BCUT2D eigenvalue weighted by molar-refractivity contribution is 7.89. The van der Waals surface area contributed by atoms with Gasteiger partial charge in [-0.05, 0) is 37.7 Å². The average Bonchev–Trinajstić information content (AvgIpc) is 3.09. The van der Waals surface area contributed by atoms with Gasteiger partial charge in [-0.15, -0.1) is 0 Å². The van der Waals surface area contributed by atoms with Gasteiger partial charge in [-0.1, -0.05) is 26.2 Å². The quantitative estimate of drug-likeness (QED) is 0.872. The summed E-state index contributed by atoms with van der Waals surface area (Å²) < 4.78 is 26.8. The SMILES string of the molecule is C[C@@H]1CCCC[C@@H]1NC(=O)c1cc(S(=O)(=O)N2CCCCC2)c[nH]1. The maximum Gasteiger partial charge on any atom is 0.267 e. The van der Waals surface area contributed by atoms with E-state index in [1.54, 1.807) is 0 Å². The van der Waals surface area contributed by atoms with Crippen LogP contribution in [0.3, 0.4) is 0 Å². The van der Waals surface area contributed by atoms with E-state index in [1.165, 1.54) is 23.0 Å². The lowest BCUT2D eigenvalue weighted by atomic mass is 9.86. The van der Waals surface area contributed by atoms with Crippen molar-refractivity contribution in [2.45, 2.75) is 62.8 Å². The van der Waals surface area contributed by atoms with Crippen LogP contribution in [0.25, 0.3) is 0 Å². The molecule has 2 heterocycles. The molecule has 7 heteroatoms. The standard InChI is InChI=1S/C17H27N3O3S/c1-13-7-3-4-8-15(13)19-17(21)16-11-14(12-18-16)24(22,23)20-9-5-2-6-10-20/h11-13,15,18H,2-10H2,1H3,(H,19,21)/t13-,15+/m1/s1. The molecule has 2 aliphatic rings. The summed E-state index contributed by atoms with van der Waals surface area (Å²) in [4.78, 5) is 15.4. The van der Waals surface area contributed by atoms with Gasteiger partial charge < -0.3 is 10.3 Å². The predicted molar refractivity (Wildman–Crippen MR) is 92.3 cm³/mol. The van der Waals surface area contributed by atoms with Crippen LogP contribution in [0.4, 0.5) is 0 Å². The van der Waals surface area contributed by atoms with E-state index in [4.69, 9.17) is 0 Å². The van der Waals surface area contributed by atoms with Crippen LogP contribution < -0.4 is 5.32 Å². The number of hydrogen-bond acceptors (Lipinski definition) is 3. The molecule has 0 spiro atoms.